The lowest BCUT2D eigenvalue weighted by atomic mass is 9.85. The molecule has 26 heavy (non-hydrogen) atoms. The van der Waals surface area contributed by atoms with Crippen molar-refractivity contribution in [2.24, 2.45) is 11.7 Å². The Labute approximate surface area is 154 Å². The normalized spacial score (nSPS) is 23.8. The molecule has 1 aromatic rings. The zero-order valence-corrected chi connectivity index (χ0v) is 15.4. The summed E-state index contributed by atoms with van der Waals surface area (Å²) >= 11 is 0. The molecule has 2 amide bonds. The Morgan fingerprint density at radius 3 is 2.58 bits per heavy atom. The van der Waals surface area contributed by atoms with Crippen LogP contribution in [0, 0.1) is 5.92 Å². The van der Waals surface area contributed by atoms with E-state index in [2.05, 4.69) is 10.6 Å². The average molecular weight is 359 g/mol. The largest absolute Gasteiger partial charge is 0.484 e. The van der Waals surface area contributed by atoms with Gasteiger partial charge in [-0.25, -0.2) is 0 Å². The Bertz CT molecular complexity index is 628. The Kier molecular flexibility index (Phi) is 6.14. The first-order valence-electron chi connectivity index (χ1n) is 9.59. The number of hydrogen-bond donors (Lipinski definition) is 3. The van der Waals surface area contributed by atoms with E-state index < -0.39 is 0 Å². The van der Waals surface area contributed by atoms with E-state index in [4.69, 9.17) is 10.5 Å². The SMILES string of the molecule is CC(NC(=O)C1CCCC(N)C1)c1ccc(OCC(=O)NC2CC2)cc1. The molecule has 3 unspecified atom stereocenters. The number of benzene rings is 1. The highest BCUT2D eigenvalue weighted by Gasteiger charge is 2.26. The van der Waals surface area contributed by atoms with Gasteiger partial charge >= 0.3 is 0 Å². The van der Waals surface area contributed by atoms with Crippen LogP contribution in [0.1, 0.15) is 57.1 Å². The molecule has 0 radical (unpaired) electrons. The lowest BCUT2D eigenvalue weighted by molar-refractivity contribution is -0.126. The van der Waals surface area contributed by atoms with E-state index >= 15 is 0 Å². The van der Waals surface area contributed by atoms with Crippen LogP contribution in [0.3, 0.4) is 0 Å². The van der Waals surface area contributed by atoms with Gasteiger partial charge in [-0.15, -0.1) is 0 Å². The lowest BCUT2D eigenvalue weighted by Gasteiger charge is -2.27. The molecule has 142 valence electrons. The van der Waals surface area contributed by atoms with Gasteiger partial charge in [-0.05, 0) is 56.7 Å². The summed E-state index contributed by atoms with van der Waals surface area (Å²) in [6, 6.07) is 7.92. The third-order valence-electron chi connectivity index (χ3n) is 5.14. The lowest BCUT2D eigenvalue weighted by Crippen LogP contribution is -2.38. The number of rotatable bonds is 7. The van der Waals surface area contributed by atoms with Gasteiger partial charge in [0.05, 0.1) is 6.04 Å². The molecular formula is C20H29N3O3. The van der Waals surface area contributed by atoms with E-state index in [1.54, 1.807) is 0 Å². The molecule has 6 nitrogen and oxygen atoms in total. The van der Waals surface area contributed by atoms with Crippen LogP contribution in [0.25, 0.3) is 0 Å². The molecule has 3 atom stereocenters. The fourth-order valence-corrected chi connectivity index (χ4v) is 3.38. The van der Waals surface area contributed by atoms with Crippen LogP contribution < -0.4 is 21.1 Å². The van der Waals surface area contributed by atoms with Gasteiger partial charge < -0.3 is 21.1 Å². The Balaban J connectivity index is 1.45. The minimum absolute atomic E-state index is 0.0220. The first-order chi connectivity index (χ1) is 12.5. The maximum absolute atomic E-state index is 12.4. The van der Waals surface area contributed by atoms with Gasteiger partial charge in [-0.3, -0.25) is 9.59 Å². The van der Waals surface area contributed by atoms with Crippen molar-refractivity contribution in [1.29, 1.82) is 0 Å². The van der Waals surface area contributed by atoms with E-state index in [1.807, 2.05) is 31.2 Å². The molecule has 4 N–H and O–H groups in total. The minimum Gasteiger partial charge on any atom is -0.484 e. The monoisotopic (exact) mass is 359 g/mol. The first kappa shape index (κ1) is 18.7. The molecule has 6 heteroatoms. The van der Waals surface area contributed by atoms with E-state index in [9.17, 15) is 9.59 Å². The third kappa shape index (κ3) is 5.46. The van der Waals surface area contributed by atoms with Crippen molar-refractivity contribution in [1.82, 2.24) is 10.6 Å². The molecule has 0 spiro atoms. The first-order valence-corrected chi connectivity index (χ1v) is 9.59. The van der Waals surface area contributed by atoms with Crippen molar-refractivity contribution in [2.45, 2.75) is 63.6 Å². The number of ether oxygens (including phenoxy) is 1. The van der Waals surface area contributed by atoms with Crippen LogP contribution in [0.5, 0.6) is 5.75 Å². The van der Waals surface area contributed by atoms with Crippen molar-refractivity contribution in [3.8, 4) is 5.75 Å². The zero-order chi connectivity index (χ0) is 18.5. The third-order valence-corrected chi connectivity index (χ3v) is 5.14. The van der Waals surface area contributed by atoms with E-state index in [1.165, 1.54) is 0 Å². The minimum atomic E-state index is -0.0807. The number of nitrogens with two attached hydrogens (primary N) is 1. The van der Waals surface area contributed by atoms with Gasteiger partial charge in [-0.2, -0.15) is 0 Å². The fourth-order valence-electron chi connectivity index (χ4n) is 3.38. The maximum Gasteiger partial charge on any atom is 0.258 e. The van der Waals surface area contributed by atoms with Crippen LogP contribution >= 0.6 is 0 Å². The maximum atomic E-state index is 12.4. The number of amides is 2. The van der Waals surface area contributed by atoms with Crippen LogP contribution in [-0.4, -0.2) is 30.5 Å². The molecule has 0 heterocycles. The summed E-state index contributed by atoms with van der Waals surface area (Å²) in [7, 11) is 0. The molecule has 0 aromatic heterocycles. The molecule has 3 rings (SSSR count). The molecule has 2 fully saturated rings. The number of carbonyl (C=O) groups is 2. The van der Waals surface area contributed by atoms with E-state index in [-0.39, 0.29) is 36.4 Å². The topological polar surface area (TPSA) is 93.5 Å². The number of carbonyl (C=O) groups excluding carboxylic acids is 2. The van der Waals surface area contributed by atoms with Crippen molar-refractivity contribution in [2.75, 3.05) is 6.61 Å². The molecule has 2 aliphatic rings. The summed E-state index contributed by atoms with van der Waals surface area (Å²) in [5.74, 6) is 0.679. The molecular weight excluding hydrogens is 330 g/mol. The van der Waals surface area contributed by atoms with Gasteiger partial charge in [-0.1, -0.05) is 18.6 Å². The zero-order valence-electron chi connectivity index (χ0n) is 15.4. The highest BCUT2D eigenvalue weighted by atomic mass is 16.5. The molecule has 0 aliphatic heterocycles. The Morgan fingerprint density at radius 2 is 1.92 bits per heavy atom. The summed E-state index contributed by atoms with van der Waals surface area (Å²) < 4.78 is 5.51. The van der Waals surface area contributed by atoms with Crippen molar-refractivity contribution in [3.05, 3.63) is 29.8 Å². The second kappa shape index (κ2) is 8.54. The second-order valence-electron chi connectivity index (χ2n) is 7.55. The van der Waals surface area contributed by atoms with E-state index in [0.29, 0.717) is 11.8 Å². The summed E-state index contributed by atoms with van der Waals surface area (Å²) in [5.41, 5.74) is 6.99. The van der Waals surface area contributed by atoms with Crippen molar-refractivity contribution in [3.63, 3.8) is 0 Å². The van der Waals surface area contributed by atoms with E-state index in [0.717, 1.165) is 44.1 Å². The molecule has 0 bridgehead atoms. The van der Waals surface area contributed by atoms with Gasteiger partial charge in [0.2, 0.25) is 5.91 Å². The van der Waals surface area contributed by atoms with Crippen LogP contribution in [-0.2, 0) is 9.59 Å². The summed E-state index contributed by atoms with van der Waals surface area (Å²) in [4.78, 5) is 24.1. The van der Waals surface area contributed by atoms with Crippen molar-refractivity contribution >= 4 is 11.8 Å². The van der Waals surface area contributed by atoms with Crippen LogP contribution in [0.4, 0.5) is 0 Å². The van der Waals surface area contributed by atoms with Gasteiger partial charge in [0.1, 0.15) is 5.75 Å². The van der Waals surface area contributed by atoms with Gasteiger partial charge in [0.15, 0.2) is 6.61 Å². The Morgan fingerprint density at radius 1 is 1.19 bits per heavy atom. The summed E-state index contributed by atoms with van der Waals surface area (Å²) in [6.07, 6.45) is 5.86. The van der Waals surface area contributed by atoms with Gasteiger partial charge in [0, 0.05) is 18.0 Å². The highest BCUT2D eigenvalue weighted by Crippen LogP contribution is 2.25. The average Bonchev–Trinajstić information content (AvgIpc) is 3.44. The quantitative estimate of drug-likeness (QED) is 0.694. The van der Waals surface area contributed by atoms with Crippen LogP contribution in [0.2, 0.25) is 0 Å². The predicted molar refractivity (Wildman–Crippen MR) is 99.6 cm³/mol. The van der Waals surface area contributed by atoms with Crippen LogP contribution in [0.15, 0.2) is 24.3 Å². The fraction of sp³-hybridized carbons (Fsp3) is 0.600. The molecule has 2 aliphatic carbocycles. The molecule has 2 saturated carbocycles. The molecule has 0 saturated heterocycles. The highest BCUT2D eigenvalue weighted by molar-refractivity contribution is 5.79. The summed E-state index contributed by atoms with van der Waals surface area (Å²) in [5, 5.41) is 5.97. The Hall–Kier alpha value is -2.08. The predicted octanol–water partition coefficient (Wildman–Crippen LogP) is 2.04. The number of nitrogens with one attached hydrogen (secondary N) is 2. The number of hydrogen-bond acceptors (Lipinski definition) is 4. The van der Waals surface area contributed by atoms with Crippen molar-refractivity contribution < 1.29 is 14.3 Å². The summed E-state index contributed by atoms with van der Waals surface area (Å²) in [6.45, 7) is 2.00. The smallest absolute Gasteiger partial charge is 0.258 e. The molecule has 1 aromatic carbocycles. The van der Waals surface area contributed by atoms with Gasteiger partial charge in [0.25, 0.3) is 5.91 Å². The second-order valence-corrected chi connectivity index (χ2v) is 7.55. The standard InChI is InChI=1S/C20H29N3O3/c1-13(22-20(25)15-3-2-4-16(21)11-15)14-5-9-18(10-6-14)26-12-19(24)23-17-7-8-17/h5-6,9-10,13,15-17H,2-4,7-8,11-12,21H2,1H3,(H,22,25)(H,23,24).